The first kappa shape index (κ1) is 9.83. The molecular formula is C9H12O4. The number of hydrogen-bond acceptors (Lipinski definition) is 4. The molecule has 0 aliphatic carbocycles. The summed E-state index contributed by atoms with van der Waals surface area (Å²) in [6.07, 6.45) is -1.51. The highest BCUT2D eigenvalue weighted by molar-refractivity contribution is 5.38. The SMILES string of the molecule is COc1cc(OC)cc(C(O)O)c1. The molecule has 2 N–H and O–H groups in total. The highest BCUT2D eigenvalue weighted by Gasteiger charge is 2.06. The molecule has 72 valence electrons. The minimum absolute atomic E-state index is 0.344. The average molecular weight is 184 g/mol. The molecule has 4 heteroatoms. The van der Waals surface area contributed by atoms with E-state index in [1.54, 1.807) is 6.07 Å². The van der Waals surface area contributed by atoms with Crippen LogP contribution in [0.3, 0.4) is 0 Å². The molecule has 0 heterocycles. The van der Waals surface area contributed by atoms with Gasteiger partial charge < -0.3 is 19.7 Å². The first-order valence-electron chi connectivity index (χ1n) is 3.76. The van der Waals surface area contributed by atoms with Crippen molar-refractivity contribution in [1.29, 1.82) is 0 Å². The maximum absolute atomic E-state index is 8.91. The van der Waals surface area contributed by atoms with Gasteiger partial charge in [-0.25, -0.2) is 0 Å². The standard InChI is InChI=1S/C9H12O4/c1-12-7-3-6(9(10)11)4-8(5-7)13-2/h3-5,9-11H,1-2H3. The molecular weight excluding hydrogens is 172 g/mol. The summed E-state index contributed by atoms with van der Waals surface area (Å²) in [5, 5.41) is 17.8. The van der Waals surface area contributed by atoms with Crippen LogP contribution in [0.2, 0.25) is 0 Å². The summed E-state index contributed by atoms with van der Waals surface area (Å²) in [6, 6.07) is 4.73. The fourth-order valence-corrected chi connectivity index (χ4v) is 0.979. The van der Waals surface area contributed by atoms with Crippen molar-refractivity contribution in [2.24, 2.45) is 0 Å². The molecule has 0 atom stereocenters. The molecule has 13 heavy (non-hydrogen) atoms. The van der Waals surface area contributed by atoms with Gasteiger partial charge in [0.25, 0.3) is 0 Å². The van der Waals surface area contributed by atoms with Crippen LogP contribution in [0.1, 0.15) is 11.9 Å². The largest absolute Gasteiger partial charge is 0.497 e. The second-order valence-corrected chi connectivity index (χ2v) is 2.52. The molecule has 0 unspecified atom stereocenters. The van der Waals surface area contributed by atoms with E-state index < -0.39 is 6.29 Å². The monoisotopic (exact) mass is 184 g/mol. The number of rotatable bonds is 3. The normalized spacial score (nSPS) is 10.2. The van der Waals surface area contributed by atoms with Gasteiger partial charge in [0, 0.05) is 11.6 Å². The number of benzene rings is 1. The van der Waals surface area contributed by atoms with E-state index in [1.807, 2.05) is 0 Å². The maximum Gasteiger partial charge on any atom is 0.178 e. The molecule has 0 spiro atoms. The Morgan fingerprint density at radius 3 is 1.77 bits per heavy atom. The molecule has 0 bridgehead atoms. The summed E-state index contributed by atoms with van der Waals surface area (Å²) < 4.78 is 9.89. The Labute approximate surface area is 76.3 Å². The smallest absolute Gasteiger partial charge is 0.178 e. The zero-order chi connectivity index (χ0) is 9.84. The third kappa shape index (κ3) is 2.34. The predicted octanol–water partition coefficient (Wildman–Crippen LogP) is 0.687. The van der Waals surface area contributed by atoms with Crippen molar-refractivity contribution in [2.75, 3.05) is 14.2 Å². The Hall–Kier alpha value is -1.26. The summed E-state index contributed by atoms with van der Waals surface area (Å²) in [5.74, 6) is 1.06. The van der Waals surface area contributed by atoms with Gasteiger partial charge in [0.05, 0.1) is 14.2 Å². The third-order valence-electron chi connectivity index (χ3n) is 1.67. The zero-order valence-electron chi connectivity index (χ0n) is 7.52. The van der Waals surface area contributed by atoms with Crippen LogP contribution in [0, 0.1) is 0 Å². The lowest BCUT2D eigenvalue weighted by Crippen LogP contribution is -1.97. The van der Waals surface area contributed by atoms with E-state index in [0.29, 0.717) is 17.1 Å². The van der Waals surface area contributed by atoms with Crippen LogP contribution in [0.4, 0.5) is 0 Å². The molecule has 0 amide bonds. The fourth-order valence-electron chi connectivity index (χ4n) is 0.979. The van der Waals surface area contributed by atoms with Gasteiger partial charge in [-0.15, -0.1) is 0 Å². The minimum atomic E-state index is -1.51. The number of aliphatic hydroxyl groups excluding tert-OH is 1. The Kier molecular flexibility index (Phi) is 3.11. The summed E-state index contributed by atoms with van der Waals surface area (Å²) in [6.45, 7) is 0. The Bertz CT molecular complexity index is 261. The summed E-state index contributed by atoms with van der Waals surface area (Å²) in [5.41, 5.74) is 0.344. The Morgan fingerprint density at radius 1 is 1.00 bits per heavy atom. The number of ether oxygens (including phenoxy) is 2. The lowest BCUT2D eigenvalue weighted by atomic mass is 10.2. The van der Waals surface area contributed by atoms with E-state index in [9.17, 15) is 0 Å². The van der Waals surface area contributed by atoms with E-state index in [-0.39, 0.29) is 0 Å². The van der Waals surface area contributed by atoms with Gasteiger partial charge in [-0.1, -0.05) is 0 Å². The van der Waals surface area contributed by atoms with Gasteiger partial charge >= 0.3 is 0 Å². The molecule has 1 rings (SSSR count). The summed E-state index contributed by atoms with van der Waals surface area (Å²) in [7, 11) is 3.00. The summed E-state index contributed by atoms with van der Waals surface area (Å²) >= 11 is 0. The van der Waals surface area contributed by atoms with Crippen molar-refractivity contribution in [3.8, 4) is 11.5 Å². The second kappa shape index (κ2) is 4.11. The highest BCUT2D eigenvalue weighted by atomic mass is 16.5. The van der Waals surface area contributed by atoms with E-state index in [2.05, 4.69) is 0 Å². The zero-order valence-corrected chi connectivity index (χ0v) is 7.52. The van der Waals surface area contributed by atoms with Crippen molar-refractivity contribution in [2.45, 2.75) is 6.29 Å². The minimum Gasteiger partial charge on any atom is -0.497 e. The van der Waals surface area contributed by atoms with Gasteiger partial charge in [0.2, 0.25) is 0 Å². The van der Waals surface area contributed by atoms with Crippen LogP contribution in [0.25, 0.3) is 0 Å². The fraction of sp³-hybridized carbons (Fsp3) is 0.333. The van der Waals surface area contributed by atoms with Gasteiger partial charge in [-0.05, 0) is 12.1 Å². The molecule has 0 aromatic heterocycles. The quantitative estimate of drug-likeness (QED) is 0.678. The first-order chi connectivity index (χ1) is 6.17. The van der Waals surface area contributed by atoms with E-state index in [4.69, 9.17) is 19.7 Å². The lowest BCUT2D eigenvalue weighted by Gasteiger charge is -2.09. The highest BCUT2D eigenvalue weighted by Crippen LogP contribution is 2.25. The molecule has 0 saturated heterocycles. The number of hydrogen-bond donors (Lipinski definition) is 2. The van der Waals surface area contributed by atoms with Gasteiger partial charge in [-0.2, -0.15) is 0 Å². The maximum atomic E-state index is 8.91. The van der Waals surface area contributed by atoms with Crippen LogP contribution < -0.4 is 9.47 Å². The molecule has 0 radical (unpaired) electrons. The predicted molar refractivity (Wildman–Crippen MR) is 46.7 cm³/mol. The molecule has 1 aromatic carbocycles. The van der Waals surface area contributed by atoms with Gasteiger partial charge in [0.15, 0.2) is 6.29 Å². The van der Waals surface area contributed by atoms with E-state index in [1.165, 1.54) is 26.4 Å². The lowest BCUT2D eigenvalue weighted by molar-refractivity contribution is -0.0427. The first-order valence-corrected chi connectivity index (χ1v) is 3.76. The van der Waals surface area contributed by atoms with Gasteiger partial charge in [-0.3, -0.25) is 0 Å². The Morgan fingerprint density at radius 2 is 1.46 bits per heavy atom. The molecule has 0 fully saturated rings. The summed E-state index contributed by atoms with van der Waals surface area (Å²) in [4.78, 5) is 0. The Balaban J connectivity index is 3.07. The number of aliphatic hydroxyl groups is 2. The molecule has 0 aliphatic rings. The van der Waals surface area contributed by atoms with Crippen molar-refractivity contribution >= 4 is 0 Å². The van der Waals surface area contributed by atoms with Crippen molar-refractivity contribution in [3.05, 3.63) is 23.8 Å². The van der Waals surface area contributed by atoms with Gasteiger partial charge in [0.1, 0.15) is 11.5 Å². The van der Waals surface area contributed by atoms with Crippen LogP contribution in [-0.4, -0.2) is 24.4 Å². The third-order valence-corrected chi connectivity index (χ3v) is 1.67. The molecule has 0 saturated carbocycles. The van der Waals surface area contributed by atoms with Crippen molar-refractivity contribution in [3.63, 3.8) is 0 Å². The molecule has 1 aromatic rings. The van der Waals surface area contributed by atoms with Crippen LogP contribution >= 0.6 is 0 Å². The van der Waals surface area contributed by atoms with Crippen LogP contribution in [0.15, 0.2) is 18.2 Å². The van der Waals surface area contributed by atoms with E-state index >= 15 is 0 Å². The molecule has 0 aliphatic heterocycles. The average Bonchev–Trinajstić information content (AvgIpc) is 2.16. The van der Waals surface area contributed by atoms with E-state index in [0.717, 1.165) is 0 Å². The van der Waals surface area contributed by atoms with Crippen LogP contribution in [0.5, 0.6) is 11.5 Å². The molecule has 4 nitrogen and oxygen atoms in total. The van der Waals surface area contributed by atoms with Crippen molar-refractivity contribution < 1.29 is 19.7 Å². The van der Waals surface area contributed by atoms with Crippen LogP contribution in [-0.2, 0) is 0 Å². The topological polar surface area (TPSA) is 58.9 Å². The number of methoxy groups -OCH3 is 2. The second-order valence-electron chi connectivity index (χ2n) is 2.52. The van der Waals surface area contributed by atoms with Crippen molar-refractivity contribution in [1.82, 2.24) is 0 Å².